The predicted molar refractivity (Wildman–Crippen MR) is 105 cm³/mol. The fraction of sp³-hybridized carbons (Fsp3) is 0.600. The van der Waals surface area contributed by atoms with Crippen molar-refractivity contribution >= 4 is 34.4 Å². The lowest BCUT2D eigenvalue weighted by molar-refractivity contribution is -0.148. The van der Waals surface area contributed by atoms with Crippen LogP contribution in [0.4, 0.5) is 0 Å². The number of carbonyl (C=O) groups is 2. The van der Waals surface area contributed by atoms with Crippen molar-refractivity contribution < 1.29 is 9.59 Å². The number of carbonyl (C=O) groups excluding carboxylic acids is 2. The third kappa shape index (κ3) is 3.32. The highest BCUT2D eigenvalue weighted by atomic mass is 127. The van der Waals surface area contributed by atoms with E-state index in [-0.39, 0.29) is 11.3 Å². The molecule has 134 valence electrons. The van der Waals surface area contributed by atoms with E-state index in [1.54, 1.807) is 0 Å². The van der Waals surface area contributed by atoms with E-state index in [2.05, 4.69) is 27.9 Å². The molecule has 0 saturated heterocycles. The first-order valence-corrected chi connectivity index (χ1v) is 10.4. The smallest absolute Gasteiger partial charge is 0.240 e. The Labute approximate surface area is 162 Å². The van der Waals surface area contributed by atoms with Crippen LogP contribution in [0, 0.1) is 26.7 Å². The van der Waals surface area contributed by atoms with Crippen LogP contribution in [0.3, 0.4) is 0 Å². The number of benzene rings is 1. The number of amides is 2. The highest BCUT2D eigenvalue weighted by Crippen LogP contribution is 2.60. The first kappa shape index (κ1) is 17.3. The van der Waals surface area contributed by atoms with E-state index in [1.807, 2.05) is 24.3 Å². The molecule has 1 atom stereocenters. The molecule has 2 amide bonds. The summed E-state index contributed by atoms with van der Waals surface area (Å²) >= 11 is 2.26. The zero-order valence-corrected chi connectivity index (χ0v) is 16.5. The molecular formula is C20H25IN2O2. The third-order valence-electron chi connectivity index (χ3n) is 6.55. The molecule has 5 rings (SSSR count). The molecule has 5 heteroatoms. The summed E-state index contributed by atoms with van der Waals surface area (Å²) in [6.07, 6.45) is 7.36. The number of nitrogens with one attached hydrogen (secondary N) is 1. The van der Waals surface area contributed by atoms with Crippen molar-refractivity contribution in [3.8, 4) is 0 Å². The summed E-state index contributed by atoms with van der Waals surface area (Å²) in [5, 5.41) is 3.03. The molecule has 4 aliphatic rings. The molecule has 0 heterocycles. The Morgan fingerprint density at radius 1 is 1.12 bits per heavy atom. The van der Waals surface area contributed by atoms with Crippen LogP contribution in [-0.4, -0.2) is 17.9 Å². The highest BCUT2D eigenvalue weighted by Gasteiger charge is 2.54. The zero-order valence-electron chi connectivity index (χ0n) is 14.3. The maximum atomic E-state index is 13.2. The predicted octanol–water partition coefficient (Wildman–Crippen LogP) is 3.02. The van der Waals surface area contributed by atoms with Crippen molar-refractivity contribution in [3.05, 3.63) is 33.4 Å². The number of hydrogen-bond acceptors (Lipinski definition) is 2. The quantitative estimate of drug-likeness (QED) is 0.675. The summed E-state index contributed by atoms with van der Waals surface area (Å²) in [7, 11) is 0. The average Bonchev–Trinajstić information content (AvgIpc) is 2.54. The minimum absolute atomic E-state index is 0.0707. The molecule has 4 saturated carbocycles. The van der Waals surface area contributed by atoms with Crippen LogP contribution in [0.15, 0.2) is 24.3 Å². The van der Waals surface area contributed by atoms with Gasteiger partial charge in [-0.05, 0) is 90.5 Å². The second-order valence-electron chi connectivity index (χ2n) is 8.42. The number of hydrogen-bond donors (Lipinski definition) is 2. The fourth-order valence-corrected chi connectivity index (χ4v) is 6.41. The average molecular weight is 452 g/mol. The first-order chi connectivity index (χ1) is 11.9. The van der Waals surface area contributed by atoms with Gasteiger partial charge in [0.1, 0.15) is 6.04 Å². The van der Waals surface area contributed by atoms with E-state index in [0.717, 1.165) is 28.4 Å². The number of rotatable bonds is 5. The van der Waals surface area contributed by atoms with Crippen LogP contribution in [0.25, 0.3) is 0 Å². The molecule has 0 radical (unpaired) electrons. The minimum Gasteiger partial charge on any atom is -0.368 e. The van der Waals surface area contributed by atoms with Gasteiger partial charge in [0, 0.05) is 15.4 Å². The topological polar surface area (TPSA) is 72.2 Å². The van der Waals surface area contributed by atoms with Gasteiger partial charge in [-0.2, -0.15) is 0 Å². The molecule has 1 aromatic carbocycles. The van der Waals surface area contributed by atoms with Crippen molar-refractivity contribution in [2.45, 2.75) is 51.0 Å². The maximum absolute atomic E-state index is 13.2. The van der Waals surface area contributed by atoms with E-state index < -0.39 is 11.9 Å². The van der Waals surface area contributed by atoms with Gasteiger partial charge in [-0.1, -0.05) is 18.2 Å². The Bertz CT molecular complexity index is 667. The van der Waals surface area contributed by atoms with Crippen LogP contribution >= 0.6 is 22.6 Å². The van der Waals surface area contributed by atoms with Crippen LogP contribution in [0.1, 0.15) is 44.1 Å². The van der Waals surface area contributed by atoms with Gasteiger partial charge in [0.05, 0.1) is 0 Å². The normalized spacial score (nSPS) is 33.9. The second kappa shape index (κ2) is 6.56. The Morgan fingerprint density at radius 3 is 2.20 bits per heavy atom. The van der Waals surface area contributed by atoms with Gasteiger partial charge >= 0.3 is 0 Å². The molecule has 0 unspecified atom stereocenters. The van der Waals surface area contributed by atoms with Crippen molar-refractivity contribution in [2.24, 2.45) is 28.9 Å². The Hall–Kier alpha value is -1.11. The minimum atomic E-state index is -0.628. The van der Waals surface area contributed by atoms with Crippen molar-refractivity contribution in [1.82, 2.24) is 5.32 Å². The SMILES string of the molecule is NC(=O)[C@@H](Cc1ccccc1I)NC(=O)C12CC3CC(CC(C3)C1)C2. The molecule has 0 aromatic heterocycles. The summed E-state index contributed by atoms with van der Waals surface area (Å²) in [6.45, 7) is 0. The molecule has 3 N–H and O–H groups in total. The first-order valence-electron chi connectivity index (χ1n) is 9.29. The molecule has 4 nitrogen and oxygen atoms in total. The number of halogens is 1. The summed E-state index contributed by atoms with van der Waals surface area (Å²) in [6, 6.07) is 7.30. The van der Waals surface area contributed by atoms with Crippen LogP contribution in [0.2, 0.25) is 0 Å². The second-order valence-corrected chi connectivity index (χ2v) is 9.58. The van der Waals surface area contributed by atoms with E-state index in [9.17, 15) is 9.59 Å². The molecule has 4 aliphatic carbocycles. The van der Waals surface area contributed by atoms with Gasteiger partial charge in [0.15, 0.2) is 0 Å². The molecule has 1 aromatic rings. The molecule has 4 bridgehead atoms. The van der Waals surface area contributed by atoms with Gasteiger partial charge in [0.2, 0.25) is 11.8 Å². The molecule has 0 aliphatic heterocycles. The standard InChI is InChI=1S/C20H25IN2O2/c21-16-4-2-1-3-15(16)8-17(18(22)24)23-19(25)20-9-12-5-13(10-20)7-14(6-12)11-20/h1-4,12-14,17H,5-11H2,(H2,22,24)(H,23,25)/t12?,13?,14?,17-,20?/m1/s1. The third-order valence-corrected chi connectivity index (χ3v) is 7.60. The summed E-state index contributed by atoms with van der Waals surface area (Å²) in [5.74, 6) is 1.75. The van der Waals surface area contributed by atoms with Crippen molar-refractivity contribution in [1.29, 1.82) is 0 Å². The van der Waals surface area contributed by atoms with Crippen LogP contribution in [0.5, 0.6) is 0 Å². The summed E-state index contributed by atoms with van der Waals surface area (Å²) in [5.41, 5.74) is 6.43. The maximum Gasteiger partial charge on any atom is 0.240 e. The number of primary amides is 1. The van der Waals surface area contributed by atoms with Crippen molar-refractivity contribution in [3.63, 3.8) is 0 Å². The van der Waals surface area contributed by atoms with Crippen molar-refractivity contribution in [2.75, 3.05) is 0 Å². The van der Waals surface area contributed by atoms with Gasteiger partial charge in [-0.15, -0.1) is 0 Å². The Morgan fingerprint density at radius 2 is 1.68 bits per heavy atom. The zero-order chi connectivity index (χ0) is 17.6. The number of nitrogens with two attached hydrogens (primary N) is 1. The van der Waals surface area contributed by atoms with Gasteiger partial charge in [-0.25, -0.2) is 0 Å². The van der Waals surface area contributed by atoms with Gasteiger partial charge in [-0.3, -0.25) is 9.59 Å². The van der Waals surface area contributed by atoms with E-state index in [1.165, 1.54) is 19.3 Å². The lowest BCUT2D eigenvalue weighted by Gasteiger charge is -2.55. The summed E-state index contributed by atoms with van der Waals surface area (Å²) < 4.78 is 1.09. The molecule has 25 heavy (non-hydrogen) atoms. The Balaban J connectivity index is 1.50. The van der Waals surface area contributed by atoms with E-state index in [4.69, 9.17) is 5.73 Å². The molecule has 0 spiro atoms. The van der Waals surface area contributed by atoms with E-state index >= 15 is 0 Å². The monoisotopic (exact) mass is 452 g/mol. The van der Waals surface area contributed by atoms with Gasteiger partial charge < -0.3 is 11.1 Å². The molecule has 4 fully saturated rings. The van der Waals surface area contributed by atoms with Crippen LogP contribution < -0.4 is 11.1 Å². The summed E-state index contributed by atoms with van der Waals surface area (Å²) in [4.78, 5) is 25.1. The lowest BCUT2D eigenvalue weighted by atomic mass is 9.49. The Kier molecular flexibility index (Phi) is 4.54. The molecular weight excluding hydrogens is 427 g/mol. The van der Waals surface area contributed by atoms with E-state index in [0.29, 0.717) is 24.2 Å². The lowest BCUT2D eigenvalue weighted by Crippen LogP contribution is -2.57. The van der Waals surface area contributed by atoms with Gasteiger partial charge in [0.25, 0.3) is 0 Å². The largest absolute Gasteiger partial charge is 0.368 e. The highest BCUT2D eigenvalue weighted by molar-refractivity contribution is 14.1. The fourth-order valence-electron chi connectivity index (χ4n) is 5.81. The van der Waals surface area contributed by atoms with Crippen LogP contribution in [-0.2, 0) is 16.0 Å².